The van der Waals surface area contributed by atoms with Crippen molar-refractivity contribution in [2.45, 2.75) is 39.3 Å². The molecular formula is C12H19F3O. The second kappa shape index (κ2) is 7.49. The lowest BCUT2D eigenvalue weighted by atomic mass is 10.1. The molecule has 16 heavy (non-hydrogen) atoms. The third kappa shape index (κ3) is 11.3. The van der Waals surface area contributed by atoms with Crippen LogP contribution >= 0.6 is 0 Å². The Labute approximate surface area is 95.0 Å². The summed E-state index contributed by atoms with van der Waals surface area (Å²) < 4.78 is 39.8. The fourth-order valence-electron chi connectivity index (χ4n) is 1.14. The van der Waals surface area contributed by atoms with Crippen LogP contribution in [0.15, 0.2) is 23.8 Å². The maximum atomic E-state index is 11.7. The molecule has 0 atom stereocenters. The quantitative estimate of drug-likeness (QED) is 0.474. The van der Waals surface area contributed by atoms with Crippen LogP contribution in [0.5, 0.6) is 0 Å². The SMILES string of the molecule is C=C(C)CCCC=C(C)COCC(F)(F)F. The second-order valence-electron chi connectivity index (χ2n) is 4.01. The highest BCUT2D eigenvalue weighted by molar-refractivity contribution is 4.99. The number of allylic oxidation sites excluding steroid dienone is 2. The van der Waals surface area contributed by atoms with E-state index in [-0.39, 0.29) is 6.61 Å². The minimum atomic E-state index is -4.24. The van der Waals surface area contributed by atoms with Crippen LogP contribution < -0.4 is 0 Å². The van der Waals surface area contributed by atoms with Crippen molar-refractivity contribution >= 4 is 0 Å². The average molecular weight is 236 g/mol. The van der Waals surface area contributed by atoms with Gasteiger partial charge in [-0.2, -0.15) is 13.2 Å². The summed E-state index contributed by atoms with van der Waals surface area (Å²) >= 11 is 0. The van der Waals surface area contributed by atoms with Gasteiger partial charge in [-0.15, -0.1) is 6.58 Å². The van der Waals surface area contributed by atoms with Crippen molar-refractivity contribution in [3.8, 4) is 0 Å². The molecule has 0 aliphatic rings. The van der Waals surface area contributed by atoms with Crippen molar-refractivity contribution in [1.82, 2.24) is 0 Å². The first-order chi connectivity index (χ1) is 7.31. The van der Waals surface area contributed by atoms with E-state index in [0.29, 0.717) is 0 Å². The summed E-state index contributed by atoms with van der Waals surface area (Å²) in [4.78, 5) is 0. The number of hydrogen-bond donors (Lipinski definition) is 0. The summed E-state index contributed by atoms with van der Waals surface area (Å²) in [7, 11) is 0. The smallest absolute Gasteiger partial charge is 0.368 e. The van der Waals surface area contributed by atoms with Crippen molar-refractivity contribution in [3.05, 3.63) is 23.8 Å². The maximum Gasteiger partial charge on any atom is 0.411 e. The van der Waals surface area contributed by atoms with Gasteiger partial charge in [0, 0.05) is 0 Å². The molecule has 0 saturated carbocycles. The van der Waals surface area contributed by atoms with Gasteiger partial charge in [-0.3, -0.25) is 0 Å². The zero-order valence-corrected chi connectivity index (χ0v) is 9.86. The molecule has 0 aromatic carbocycles. The molecule has 0 fully saturated rings. The van der Waals surface area contributed by atoms with Crippen LogP contribution in [0.2, 0.25) is 0 Å². The van der Waals surface area contributed by atoms with E-state index < -0.39 is 12.8 Å². The first kappa shape index (κ1) is 15.2. The lowest BCUT2D eigenvalue weighted by molar-refractivity contribution is -0.171. The summed E-state index contributed by atoms with van der Waals surface area (Å²) in [5.74, 6) is 0. The first-order valence-electron chi connectivity index (χ1n) is 5.26. The fourth-order valence-corrected chi connectivity index (χ4v) is 1.14. The van der Waals surface area contributed by atoms with E-state index in [0.717, 1.165) is 30.4 Å². The van der Waals surface area contributed by atoms with Gasteiger partial charge in [0.1, 0.15) is 6.61 Å². The minimum absolute atomic E-state index is 0.0482. The Morgan fingerprint density at radius 3 is 2.44 bits per heavy atom. The molecule has 4 heteroatoms. The standard InChI is InChI=1S/C12H19F3O/c1-10(2)6-4-5-7-11(3)8-16-9-12(13,14)15/h7H,1,4-6,8-9H2,2-3H3. The molecule has 0 aliphatic carbocycles. The monoisotopic (exact) mass is 236 g/mol. The number of rotatable bonds is 7. The maximum absolute atomic E-state index is 11.7. The normalized spacial score (nSPS) is 12.9. The molecule has 94 valence electrons. The summed E-state index contributed by atoms with van der Waals surface area (Å²) in [5, 5.41) is 0. The number of halogens is 3. The van der Waals surface area contributed by atoms with Gasteiger partial charge in [0.25, 0.3) is 0 Å². The molecule has 0 N–H and O–H groups in total. The Bertz CT molecular complexity index is 241. The molecule has 0 radical (unpaired) electrons. The predicted octanol–water partition coefficient (Wildman–Crippen LogP) is 4.26. The largest absolute Gasteiger partial charge is 0.411 e. The van der Waals surface area contributed by atoms with Crippen molar-refractivity contribution in [2.75, 3.05) is 13.2 Å². The van der Waals surface area contributed by atoms with E-state index in [1.807, 2.05) is 13.0 Å². The molecule has 0 aliphatic heterocycles. The van der Waals surface area contributed by atoms with Gasteiger partial charge in [0.15, 0.2) is 0 Å². The Morgan fingerprint density at radius 1 is 1.31 bits per heavy atom. The Hall–Kier alpha value is -0.770. The lowest BCUT2D eigenvalue weighted by Crippen LogP contribution is -2.17. The molecule has 0 rings (SSSR count). The Morgan fingerprint density at radius 2 is 1.94 bits per heavy atom. The van der Waals surface area contributed by atoms with E-state index in [9.17, 15) is 13.2 Å². The van der Waals surface area contributed by atoms with Crippen LogP contribution in [0.1, 0.15) is 33.1 Å². The number of alkyl halides is 3. The fraction of sp³-hybridized carbons (Fsp3) is 0.667. The molecule has 0 amide bonds. The summed E-state index contributed by atoms with van der Waals surface area (Å²) in [5.41, 5.74) is 1.96. The Kier molecular flexibility index (Phi) is 7.13. The predicted molar refractivity (Wildman–Crippen MR) is 59.3 cm³/mol. The molecule has 0 saturated heterocycles. The van der Waals surface area contributed by atoms with Crippen LogP contribution in [0.3, 0.4) is 0 Å². The molecule has 0 aromatic rings. The Balaban J connectivity index is 3.60. The summed E-state index contributed by atoms with van der Waals surface area (Å²) in [6, 6.07) is 0. The molecule has 0 unspecified atom stereocenters. The summed E-state index contributed by atoms with van der Waals surface area (Å²) in [6.45, 7) is 6.39. The van der Waals surface area contributed by atoms with Gasteiger partial charge in [-0.25, -0.2) is 0 Å². The van der Waals surface area contributed by atoms with E-state index in [1.165, 1.54) is 0 Å². The zero-order valence-electron chi connectivity index (χ0n) is 9.86. The van der Waals surface area contributed by atoms with Crippen molar-refractivity contribution in [2.24, 2.45) is 0 Å². The van der Waals surface area contributed by atoms with Gasteiger partial charge in [-0.05, 0) is 33.1 Å². The highest BCUT2D eigenvalue weighted by Gasteiger charge is 2.27. The number of hydrogen-bond acceptors (Lipinski definition) is 1. The third-order valence-electron chi connectivity index (χ3n) is 1.90. The van der Waals surface area contributed by atoms with Gasteiger partial charge in [0.2, 0.25) is 0 Å². The second-order valence-corrected chi connectivity index (χ2v) is 4.01. The minimum Gasteiger partial charge on any atom is -0.368 e. The third-order valence-corrected chi connectivity index (χ3v) is 1.90. The van der Waals surface area contributed by atoms with Crippen LogP contribution in [-0.2, 0) is 4.74 Å². The van der Waals surface area contributed by atoms with Gasteiger partial charge < -0.3 is 4.74 Å². The van der Waals surface area contributed by atoms with Crippen molar-refractivity contribution in [3.63, 3.8) is 0 Å². The van der Waals surface area contributed by atoms with E-state index >= 15 is 0 Å². The number of ether oxygens (including phenoxy) is 1. The van der Waals surface area contributed by atoms with E-state index in [2.05, 4.69) is 11.3 Å². The van der Waals surface area contributed by atoms with Crippen LogP contribution in [0.25, 0.3) is 0 Å². The average Bonchev–Trinajstić information content (AvgIpc) is 2.10. The first-order valence-corrected chi connectivity index (χ1v) is 5.26. The van der Waals surface area contributed by atoms with Crippen LogP contribution in [0, 0.1) is 0 Å². The van der Waals surface area contributed by atoms with E-state index in [4.69, 9.17) is 0 Å². The van der Waals surface area contributed by atoms with Crippen molar-refractivity contribution in [1.29, 1.82) is 0 Å². The van der Waals surface area contributed by atoms with E-state index in [1.54, 1.807) is 6.92 Å². The molecule has 0 aromatic heterocycles. The van der Waals surface area contributed by atoms with Gasteiger partial charge in [0.05, 0.1) is 6.61 Å². The van der Waals surface area contributed by atoms with Crippen LogP contribution in [-0.4, -0.2) is 19.4 Å². The molecule has 1 nitrogen and oxygen atoms in total. The van der Waals surface area contributed by atoms with Gasteiger partial charge >= 0.3 is 6.18 Å². The highest BCUT2D eigenvalue weighted by atomic mass is 19.4. The number of unbranched alkanes of at least 4 members (excludes halogenated alkanes) is 1. The summed E-state index contributed by atoms with van der Waals surface area (Å²) in [6.07, 6.45) is 0.465. The highest BCUT2D eigenvalue weighted by Crippen LogP contribution is 2.15. The molecular weight excluding hydrogens is 217 g/mol. The zero-order chi connectivity index (χ0) is 12.6. The molecule has 0 bridgehead atoms. The van der Waals surface area contributed by atoms with Gasteiger partial charge in [-0.1, -0.05) is 17.2 Å². The van der Waals surface area contributed by atoms with Crippen LogP contribution in [0.4, 0.5) is 13.2 Å². The van der Waals surface area contributed by atoms with Crippen molar-refractivity contribution < 1.29 is 17.9 Å². The molecule has 0 heterocycles. The molecule has 0 spiro atoms. The topological polar surface area (TPSA) is 9.23 Å². The lowest BCUT2D eigenvalue weighted by Gasteiger charge is -2.07.